The molecular formula is C24H34Si2. The monoisotopic (exact) mass is 378 g/mol. The van der Waals surface area contributed by atoms with Gasteiger partial charge < -0.3 is 0 Å². The van der Waals surface area contributed by atoms with Gasteiger partial charge in [-0.2, -0.15) is 0 Å². The average Bonchev–Trinajstić information content (AvgIpc) is 2.51. The zero-order valence-corrected chi connectivity index (χ0v) is 20.0. The predicted octanol–water partition coefficient (Wildman–Crippen LogP) is 6.49. The van der Waals surface area contributed by atoms with Crippen molar-refractivity contribution in [3.63, 3.8) is 0 Å². The highest BCUT2D eigenvalue weighted by atomic mass is 28.3. The fourth-order valence-corrected chi connectivity index (χ4v) is 9.28. The van der Waals surface area contributed by atoms with Crippen molar-refractivity contribution in [2.75, 3.05) is 0 Å². The lowest BCUT2D eigenvalue weighted by Crippen LogP contribution is -2.43. The quantitative estimate of drug-likeness (QED) is 0.416. The maximum atomic E-state index is 3.79. The highest BCUT2D eigenvalue weighted by molar-refractivity contribution is 6.90. The Bertz CT molecular complexity index is 766. The molecule has 0 nitrogen and oxygen atoms in total. The fourth-order valence-electron chi connectivity index (χ4n) is 3.63. The molecule has 1 aromatic rings. The van der Waals surface area contributed by atoms with Crippen LogP contribution in [0, 0.1) is 34.8 Å². The lowest BCUT2D eigenvalue weighted by Gasteiger charge is -2.38. The smallest absolute Gasteiger partial charge is 0.125 e. The first kappa shape index (κ1) is 22.4. The molecule has 0 bridgehead atoms. The molecule has 138 valence electrons. The third-order valence-corrected chi connectivity index (χ3v) is 12.1. The van der Waals surface area contributed by atoms with Gasteiger partial charge in [0.15, 0.2) is 0 Å². The second kappa shape index (κ2) is 9.32. The zero-order valence-electron chi connectivity index (χ0n) is 18.0. The number of benzene rings is 1. The van der Waals surface area contributed by atoms with Gasteiger partial charge in [-0.1, -0.05) is 85.2 Å². The molecule has 0 heterocycles. The summed E-state index contributed by atoms with van der Waals surface area (Å²) in [4.78, 5) is 0. The van der Waals surface area contributed by atoms with Crippen LogP contribution in [0.3, 0.4) is 0 Å². The SMILES string of the molecule is CC(C)[Si](C#Cc1ccccc1C#CC#C[Si](C)(C)C)(C(C)C)C(C)C. The van der Waals surface area contributed by atoms with Gasteiger partial charge in [0.2, 0.25) is 0 Å². The largest absolute Gasteiger partial charge is 0.146 e. The van der Waals surface area contributed by atoms with Crippen LogP contribution in [-0.4, -0.2) is 16.1 Å². The molecule has 0 aliphatic heterocycles. The third kappa shape index (κ3) is 5.95. The molecule has 0 saturated carbocycles. The van der Waals surface area contributed by atoms with E-state index in [1.54, 1.807) is 0 Å². The molecule has 1 aromatic carbocycles. The fraction of sp³-hybridized carbons (Fsp3) is 0.500. The lowest BCUT2D eigenvalue weighted by molar-refractivity contribution is 0.838. The maximum Gasteiger partial charge on any atom is 0.146 e. The van der Waals surface area contributed by atoms with Crippen molar-refractivity contribution in [1.82, 2.24) is 0 Å². The molecule has 0 amide bonds. The molecule has 0 fully saturated rings. The topological polar surface area (TPSA) is 0 Å². The summed E-state index contributed by atoms with van der Waals surface area (Å²) in [5.41, 5.74) is 11.0. The molecule has 0 N–H and O–H groups in total. The van der Waals surface area contributed by atoms with Gasteiger partial charge in [0.05, 0.1) is 0 Å². The molecule has 1 rings (SSSR count). The Kier molecular flexibility index (Phi) is 8.02. The highest BCUT2D eigenvalue weighted by Gasteiger charge is 2.41. The Morgan fingerprint density at radius 2 is 1.12 bits per heavy atom. The minimum atomic E-state index is -1.73. The predicted molar refractivity (Wildman–Crippen MR) is 122 cm³/mol. The zero-order chi connectivity index (χ0) is 20.0. The van der Waals surface area contributed by atoms with Gasteiger partial charge in [0, 0.05) is 11.1 Å². The number of hydrogen-bond donors (Lipinski definition) is 0. The standard InChI is InChI=1S/C24H34Si2/c1-20(2)26(21(3)4,22(5)6)19-17-24-15-11-10-14-23(24)16-12-13-18-25(7,8)9/h10-11,14-15,20-22H,1-9H3. The Morgan fingerprint density at radius 3 is 1.54 bits per heavy atom. The van der Waals surface area contributed by atoms with Crippen LogP contribution in [0.1, 0.15) is 52.7 Å². The van der Waals surface area contributed by atoms with Crippen LogP contribution >= 0.6 is 0 Å². The summed E-state index contributed by atoms with van der Waals surface area (Å²) < 4.78 is 0. The molecule has 26 heavy (non-hydrogen) atoms. The Labute approximate surface area is 164 Å². The third-order valence-electron chi connectivity index (χ3n) is 4.90. The van der Waals surface area contributed by atoms with Gasteiger partial charge >= 0.3 is 0 Å². The highest BCUT2D eigenvalue weighted by Crippen LogP contribution is 2.40. The molecule has 0 saturated heterocycles. The lowest BCUT2D eigenvalue weighted by atomic mass is 10.1. The van der Waals surface area contributed by atoms with Crippen LogP contribution in [0.4, 0.5) is 0 Å². The van der Waals surface area contributed by atoms with Crippen LogP contribution in [0.15, 0.2) is 24.3 Å². The Balaban J connectivity index is 3.34. The molecular weight excluding hydrogens is 344 g/mol. The van der Waals surface area contributed by atoms with Crippen LogP contribution in [0.2, 0.25) is 36.3 Å². The van der Waals surface area contributed by atoms with Crippen LogP contribution in [-0.2, 0) is 0 Å². The van der Waals surface area contributed by atoms with E-state index in [0.29, 0.717) is 16.6 Å². The maximum absolute atomic E-state index is 3.79. The summed E-state index contributed by atoms with van der Waals surface area (Å²) in [6.45, 7) is 20.8. The Hall–Kier alpha value is -1.67. The molecule has 0 aliphatic rings. The summed E-state index contributed by atoms with van der Waals surface area (Å²) in [6, 6.07) is 8.21. The molecule has 2 heteroatoms. The molecule has 0 atom stereocenters. The molecule has 0 aliphatic carbocycles. The first-order valence-electron chi connectivity index (χ1n) is 9.66. The van der Waals surface area contributed by atoms with E-state index < -0.39 is 16.1 Å². The minimum Gasteiger partial charge on any atom is -0.125 e. The number of hydrogen-bond acceptors (Lipinski definition) is 0. The van der Waals surface area contributed by atoms with Crippen molar-refractivity contribution in [3.8, 4) is 34.8 Å². The van der Waals surface area contributed by atoms with Crippen LogP contribution in [0.5, 0.6) is 0 Å². The minimum absolute atomic E-state index is 0.635. The summed E-state index contributed by atoms with van der Waals surface area (Å²) in [7, 11) is -3.10. The van der Waals surface area contributed by atoms with E-state index >= 15 is 0 Å². The van der Waals surface area contributed by atoms with Gasteiger partial charge in [0.1, 0.15) is 16.1 Å². The van der Waals surface area contributed by atoms with E-state index in [1.165, 1.54) is 0 Å². The normalized spacial score (nSPS) is 11.4. The number of rotatable bonds is 3. The van der Waals surface area contributed by atoms with E-state index in [0.717, 1.165) is 11.1 Å². The first-order chi connectivity index (χ1) is 12.0. The van der Waals surface area contributed by atoms with Crippen molar-refractivity contribution in [2.45, 2.75) is 77.8 Å². The summed E-state index contributed by atoms with van der Waals surface area (Å²) in [5.74, 6) is 12.8. The van der Waals surface area contributed by atoms with Crippen molar-refractivity contribution in [2.24, 2.45) is 0 Å². The van der Waals surface area contributed by atoms with Crippen molar-refractivity contribution >= 4 is 16.1 Å². The molecule has 0 unspecified atom stereocenters. The summed E-state index contributed by atoms with van der Waals surface area (Å²) in [5, 5.41) is 0. The molecule has 0 radical (unpaired) electrons. The van der Waals surface area contributed by atoms with Gasteiger partial charge in [-0.3, -0.25) is 0 Å². The van der Waals surface area contributed by atoms with E-state index in [9.17, 15) is 0 Å². The van der Waals surface area contributed by atoms with Crippen molar-refractivity contribution in [1.29, 1.82) is 0 Å². The first-order valence-corrected chi connectivity index (χ1v) is 15.4. The van der Waals surface area contributed by atoms with Gasteiger partial charge in [-0.15, -0.1) is 11.1 Å². The average molecular weight is 379 g/mol. The second-order valence-electron chi connectivity index (χ2n) is 8.94. The van der Waals surface area contributed by atoms with E-state index in [2.05, 4.69) is 108 Å². The van der Waals surface area contributed by atoms with Crippen LogP contribution < -0.4 is 0 Å². The molecule has 0 spiro atoms. The van der Waals surface area contributed by atoms with E-state index in [1.807, 2.05) is 12.1 Å². The summed E-state index contributed by atoms with van der Waals surface area (Å²) in [6.07, 6.45) is 0. The summed E-state index contributed by atoms with van der Waals surface area (Å²) >= 11 is 0. The molecule has 0 aromatic heterocycles. The van der Waals surface area contributed by atoms with Crippen LogP contribution in [0.25, 0.3) is 0 Å². The van der Waals surface area contributed by atoms with Gasteiger partial charge in [0.25, 0.3) is 0 Å². The van der Waals surface area contributed by atoms with Gasteiger partial charge in [-0.05, 0) is 40.6 Å². The second-order valence-corrected chi connectivity index (χ2v) is 19.3. The van der Waals surface area contributed by atoms with Crippen molar-refractivity contribution in [3.05, 3.63) is 35.4 Å². The van der Waals surface area contributed by atoms with E-state index in [-0.39, 0.29) is 0 Å². The van der Waals surface area contributed by atoms with Crippen molar-refractivity contribution < 1.29 is 0 Å². The Morgan fingerprint density at radius 1 is 0.654 bits per heavy atom. The van der Waals surface area contributed by atoms with Gasteiger partial charge in [-0.25, -0.2) is 0 Å². The van der Waals surface area contributed by atoms with E-state index in [4.69, 9.17) is 0 Å².